The van der Waals surface area contributed by atoms with Crippen LogP contribution in [0.2, 0.25) is 0 Å². The summed E-state index contributed by atoms with van der Waals surface area (Å²) in [7, 11) is 1.62. The first-order chi connectivity index (χ1) is 9.93. The summed E-state index contributed by atoms with van der Waals surface area (Å²) in [5, 5.41) is 18.5. The zero-order chi connectivity index (χ0) is 15.6. The van der Waals surface area contributed by atoms with Crippen LogP contribution < -0.4 is 4.74 Å². The van der Waals surface area contributed by atoms with Crippen molar-refractivity contribution < 1.29 is 14.6 Å². The number of carboxylic acids is 1. The molecule has 2 rings (SSSR count). The van der Waals surface area contributed by atoms with Gasteiger partial charge >= 0.3 is 5.97 Å². The van der Waals surface area contributed by atoms with Crippen molar-refractivity contribution in [3.63, 3.8) is 0 Å². The number of nitrogens with zero attached hydrogens (tertiary/aromatic N) is 2. The van der Waals surface area contributed by atoms with Gasteiger partial charge in [0.15, 0.2) is 0 Å². The Hall–Kier alpha value is -2.74. The summed E-state index contributed by atoms with van der Waals surface area (Å²) in [6, 6.07) is 9.12. The SMILES string of the molecule is CC(C)Oc1ccc(-c2c(C#N)cn(C)c2C(=O)O)cc1. The Morgan fingerprint density at radius 2 is 1.95 bits per heavy atom. The highest BCUT2D eigenvalue weighted by Gasteiger charge is 2.21. The summed E-state index contributed by atoms with van der Waals surface area (Å²) >= 11 is 0. The fraction of sp³-hybridized carbons (Fsp3) is 0.250. The zero-order valence-electron chi connectivity index (χ0n) is 12.1. The predicted octanol–water partition coefficient (Wildman–Crippen LogP) is 3.05. The van der Waals surface area contributed by atoms with Crippen molar-refractivity contribution in [2.24, 2.45) is 7.05 Å². The molecule has 0 aliphatic heterocycles. The van der Waals surface area contributed by atoms with Gasteiger partial charge in [-0.15, -0.1) is 0 Å². The molecule has 1 aromatic heterocycles. The summed E-state index contributed by atoms with van der Waals surface area (Å²) in [5.41, 5.74) is 1.56. The average molecular weight is 284 g/mol. The van der Waals surface area contributed by atoms with Crippen LogP contribution in [0.25, 0.3) is 11.1 Å². The Balaban J connectivity index is 2.51. The molecule has 0 unspecified atom stereocenters. The van der Waals surface area contributed by atoms with E-state index in [9.17, 15) is 15.2 Å². The average Bonchev–Trinajstić information content (AvgIpc) is 2.76. The zero-order valence-corrected chi connectivity index (χ0v) is 12.1. The van der Waals surface area contributed by atoms with E-state index in [0.29, 0.717) is 22.4 Å². The Bertz CT molecular complexity index is 706. The number of carbonyl (C=O) groups is 1. The summed E-state index contributed by atoms with van der Waals surface area (Å²) in [6.07, 6.45) is 1.59. The van der Waals surface area contributed by atoms with E-state index in [2.05, 4.69) is 0 Å². The molecule has 0 radical (unpaired) electrons. The van der Waals surface area contributed by atoms with E-state index in [4.69, 9.17) is 4.74 Å². The maximum Gasteiger partial charge on any atom is 0.353 e. The number of hydrogen-bond donors (Lipinski definition) is 1. The molecule has 0 spiro atoms. The van der Waals surface area contributed by atoms with Crippen molar-refractivity contribution in [1.82, 2.24) is 4.57 Å². The lowest BCUT2D eigenvalue weighted by Crippen LogP contribution is -2.06. The van der Waals surface area contributed by atoms with Gasteiger partial charge in [0.1, 0.15) is 17.5 Å². The minimum atomic E-state index is -1.06. The van der Waals surface area contributed by atoms with Gasteiger partial charge in [-0.1, -0.05) is 12.1 Å². The van der Waals surface area contributed by atoms with Gasteiger partial charge in [0.25, 0.3) is 0 Å². The van der Waals surface area contributed by atoms with E-state index in [0.717, 1.165) is 0 Å². The largest absolute Gasteiger partial charge is 0.491 e. The minimum Gasteiger partial charge on any atom is -0.491 e. The van der Waals surface area contributed by atoms with Crippen LogP contribution in [0.1, 0.15) is 29.9 Å². The standard InChI is InChI=1S/C16H16N2O3/c1-10(2)21-13-6-4-11(5-7-13)14-12(8-17)9-18(3)15(14)16(19)20/h4-7,9-10H,1-3H3,(H,19,20). The maximum atomic E-state index is 11.4. The summed E-state index contributed by atoms with van der Waals surface area (Å²) in [5.74, 6) is -0.350. The molecule has 0 atom stereocenters. The lowest BCUT2D eigenvalue weighted by molar-refractivity contribution is 0.0687. The molecule has 0 amide bonds. The number of nitriles is 1. The molecule has 2 aromatic rings. The summed E-state index contributed by atoms with van der Waals surface area (Å²) in [6.45, 7) is 3.86. The second kappa shape index (κ2) is 5.71. The number of aromatic nitrogens is 1. The number of ether oxygens (including phenoxy) is 1. The number of carboxylic acid groups (broad SMARTS) is 1. The van der Waals surface area contributed by atoms with Gasteiger partial charge in [-0.05, 0) is 31.5 Å². The van der Waals surface area contributed by atoms with Gasteiger partial charge in [0.2, 0.25) is 0 Å². The van der Waals surface area contributed by atoms with Crippen molar-refractivity contribution in [1.29, 1.82) is 5.26 Å². The molecular weight excluding hydrogens is 268 g/mol. The molecule has 1 N–H and O–H groups in total. The van der Waals surface area contributed by atoms with Gasteiger partial charge in [0.05, 0.1) is 11.7 Å². The molecule has 21 heavy (non-hydrogen) atoms. The fourth-order valence-electron chi connectivity index (χ4n) is 2.23. The molecule has 0 aliphatic carbocycles. The maximum absolute atomic E-state index is 11.4. The highest BCUT2D eigenvalue weighted by atomic mass is 16.5. The van der Waals surface area contributed by atoms with Crippen molar-refractivity contribution in [3.8, 4) is 22.9 Å². The highest BCUT2D eigenvalue weighted by molar-refractivity contribution is 5.96. The third kappa shape index (κ3) is 2.90. The molecule has 0 saturated carbocycles. The van der Waals surface area contributed by atoms with Crippen LogP contribution >= 0.6 is 0 Å². The molecule has 5 heteroatoms. The second-order valence-corrected chi connectivity index (χ2v) is 4.99. The Kier molecular flexibility index (Phi) is 3.99. The van der Waals surface area contributed by atoms with Crippen LogP contribution in [-0.2, 0) is 7.05 Å². The van der Waals surface area contributed by atoms with Gasteiger partial charge in [-0.3, -0.25) is 0 Å². The van der Waals surface area contributed by atoms with E-state index in [1.165, 1.54) is 10.8 Å². The first kappa shape index (κ1) is 14.7. The molecular formula is C16H16N2O3. The van der Waals surface area contributed by atoms with Crippen molar-refractivity contribution in [3.05, 3.63) is 41.7 Å². The molecule has 1 aromatic carbocycles. The van der Waals surface area contributed by atoms with Gasteiger partial charge < -0.3 is 14.4 Å². The summed E-state index contributed by atoms with van der Waals surface area (Å²) < 4.78 is 7.01. The first-order valence-electron chi connectivity index (χ1n) is 6.53. The molecule has 0 aliphatic rings. The quantitative estimate of drug-likeness (QED) is 0.936. The third-order valence-electron chi connectivity index (χ3n) is 3.02. The van der Waals surface area contributed by atoms with Crippen LogP contribution in [0.5, 0.6) is 5.75 Å². The second-order valence-electron chi connectivity index (χ2n) is 4.99. The van der Waals surface area contributed by atoms with Crippen molar-refractivity contribution in [2.75, 3.05) is 0 Å². The number of hydrogen-bond acceptors (Lipinski definition) is 3. The normalized spacial score (nSPS) is 10.4. The lowest BCUT2D eigenvalue weighted by atomic mass is 10.0. The van der Waals surface area contributed by atoms with Gasteiger partial charge in [0, 0.05) is 18.8 Å². The minimum absolute atomic E-state index is 0.0665. The molecule has 108 valence electrons. The Morgan fingerprint density at radius 3 is 2.43 bits per heavy atom. The van der Waals surface area contributed by atoms with Crippen LogP contribution in [0.15, 0.2) is 30.5 Å². The van der Waals surface area contributed by atoms with E-state index < -0.39 is 5.97 Å². The smallest absolute Gasteiger partial charge is 0.353 e. The predicted molar refractivity (Wildman–Crippen MR) is 78.3 cm³/mol. The lowest BCUT2D eigenvalue weighted by Gasteiger charge is -2.10. The number of aromatic carboxylic acids is 1. The van der Waals surface area contributed by atoms with E-state index in [1.807, 2.05) is 19.9 Å². The van der Waals surface area contributed by atoms with Gasteiger partial charge in [-0.25, -0.2) is 4.79 Å². The molecule has 0 bridgehead atoms. The van der Waals surface area contributed by atoms with E-state index in [1.54, 1.807) is 31.3 Å². The van der Waals surface area contributed by atoms with Crippen molar-refractivity contribution in [2.45, 2.75) is 20.0 Å². The Labute approximate surface area is 123 Å². The third-order valence-corrected chi connectivity index (χ3v) is 3.02. The van der Waals surface area contributed by atoms with Crippen LogP contribution in [0, 0.1) is 11.3 Å². The highest BCUT2D eigenvalue weighted by Crippen LogP contribution is 2.30. The Morgan fingerprint density at radius 1 is 1.33 bits per heavy atom. The fourth-order valence-corrected chi connectivity index (χ4v) is 2.23. The molecule has 5 nitrogen and oxygen atoms in total. The molecule has 0 saturated heterocycles. The van der Waals surface area contributed by atoms with E-state index >= 15 is 0 Å². The topological polar surface area (TPSA) is 75.2 Å². The van der Waals surface area contributed by atoms with Gasteiger partial charge in [-0.2, -0.15) is 5.26 Å². The van der Waals surface area contributed by atoms with Crippen LogP contribution in [0.3, 0.4) is 0 Å². The number of benzene rings is 1. The number of aryl methyl sites for hydroxylation is 1. The summed E-state index contributed by atoms with van der Waals surface area (Å²) in [4.78, 5) is 11.4. The number of rotatable bonds is 4. The van der Waals surface area contributed by atoms with E-state index in [-0.39, 0.29) is 11.8 Å². The molecule has 1 heterocycles. The molecule has 0 fully saturated rings. The van der Waals surface area contributed by atoms with Crippen molar-refractivity contribution >= 4 is 5.97 Å². The van der Waals surface area contributed by atoms with Crippen LogP contribution in [-0.4, -0.2) is 21.7 Å². The van der Waals surface area contributed by atoms with Crippen LogP contribution in [0.4, 0.5) is 0 Å². The monoisotopic (exact) mass is 284 g/mol. The first-order valence-corrected chi connectivity index (χ1v) is 6.53.